The summed E-state index contributed by atoms with van der Waals surface area (Å²) < 4.78 is 65.9. The Morgan fingerprint density at radius 3 is 2.05 bits per heavy atom. The minimum atomic E-state index is -2.13. The van der Waals surface area contributed by atoms with Crippen LogP contribution in [0, 0.1) is 40.9 Å². The van der Waals surface area contributed by atoms with Crippen LogP contribution < -0.4 is 5.32 Å². The van der Waals surface area contributed by atoms with E-state index in [1.807, 2.05) is 12.2 Å². The number of benzene rings is 1. The van der Waals surface area contributed by atoms with Crippen molar-refractivity contribution in [2.45, 2.75) is 18.9 Å². The zero-order valence-electron chi connectivity index (χ0n) is 9.69. The van der Waals surface area contributed by atoms with E-state index in [1.54, 1.807) is 0 Å². The molecule has 0 radical (unpaired) electrons. The summed E-state index contributed by atoms with van der Waals surface area (Å²) in [7, 11) is 0. The van der Waals surface area contributed by atoms with Gasteiger partial charge in [0.25, 0.3) is 0 Å². The van der Waals surface area contributed by atoms with E-state index in [4.69, 9.17) is 0 Å². The topological polar surface area (TPSA) is 12.0 Å². The lowest BCUT2D eigenvalue weighted by atomic mass is 9.71. The number of rotatable bonds is 2. The number of hydrogen-bond acceptors (Lipinski definition) is 1. The second-order valence-electron chi connectivity index (χ2n) is 4.93. The lowest BCUT2D eigenvalue weighted by molar-refractivity contribution is 0.216. The van der Waals surface area contributed by atoms with Crippen LogP contribution in [-0.2, 0) is 0 Å². The highest BCUT2D eigenvalue weighted by molar-refractivity contribution is 5.49. The van der Waals surface area contributed by atoms with Crippen molar-refractivity contribution >= 4 is 5.69 Å². The van der Waals surface area contributed by atoms with Crippen molar-refractivity contribution in [1.29, 1.82) is 0 Å². The molecule has 1 aromatic rings. The Hall–Kier alpha value is -1.59. The minimum absolute atomic E-state index is 0.106. The molecule has 3 unspecified atom stereocenters. The van der Waals surface area contributed by atoms with Crippen LogP contribution in [0.3, 0.4) is 0 Å². The quantitative estimate of drug-likeness (QED) is 0.375. The van der Waals surface area contributed by atoms with Gasteiger partial charge < -0.3 is 5.32 Å². The highest BCUT2D eigenvalue weighted by Gasteiger charge is 2.42. The van der Waals surface area contributed by atoms with Gasteiger partial charge in [0.2, 0.25) is 5.82 Å². The van der Waals surface area contributed by atoms with Crippen molar-refractivity contribution in [2.24, 2.45) is 11.8 Å². The average Bonchev–Trinajstić information content (AvgIpc) is 2.76. The third-order valence-electron chi connectivity index (χ3n) is 3.90. The number of hydrogen-bond donors (Lipinski definition) is 1. The van der Waals surface area contributed by atoms with Crippen LogP contribution in [0.2, 0.25) is 0 Å². The number of allylic oxidation sites excluding steroid dienone is 1. The maximum absolute atomic E-state index is 13.5. The molecule has 1 nitrogen and oxygen atoms in total. The number of fused-ring (bicyclic) bond motifs is 1. The Bertz CT molecular complexity index is 540. The normalized spacial score (nSPS) is 28.2. The SMILES string of the molecule is Fc1c(F)c(F)c(NC2CC3CC=CC32)c(F)c1F. The molecule has 1 saturated carbocycles. The molecule has 1 fully saturated rings. The zero-order chi connectivity index (χ0) is 13.7. The molecule has 0 aromatic heterocycles. The summed E-state index contributed by atoms with van der Waals surface area (Å²) in [4.78, 5) is 0. The summed E-state index contributed by atoms with van der Waals surface area (Å²) in [5.74, 6) is -9.05. The van der Waals surface area contributed by atoms with Crippen molar-refractivity contribution in [1.82, 2.24) is 0 Å². The molecular weight excluding hydrogens is 265 g/mol. The summed E-state index contributed by atoms with van der Waals surface area (Å²) in [6.45, 7) is 0. The molecule has 19 heavy (non-hydrogen) atoms. The predicted octanol–water partition coefficient (Wildman–Crippen LogP) is 3.76. The van der Waals surface area contributed by atoms with Gasteiger partial charge in [-0.1, -0.05) is 12.2 Å². The van der Waals surface area contributed by atoms with E-state index in [0.717, 1.165) is 6.42 Å². The largest absolute Gasteiger partial charge is 0.377 e. The third kappa shape index (κ3) is 1.73. The molecule has 102 valence electrons. The Kier molecular flexibility index (Phi) is 2.76. The Labute approximate surface area is 106 Å². The zero-order valence-corrected chi connectivity index (χ0v) is 9.69. The van der Waals surface area contributed by atoms with Crippen molar-refractivity contribution < 1.29 is 22.0 Å². The highest BCUT2D eigenvalue weighted by Crippen LogP contribution is 2.44. The fraction of sp³-hybridized carbons (Fsp3) is 0.385. The number of halogens is 5. The second kappa shape index (κ2) is 4.21. The maximum atomic E-state index is 13.5. The van der Waals surface area contributed by atoms with E-state index in [2.05, 4.69) is 5.32 Å². The Balaban J connectivity index is 1.91. The Morgan fingerprint density at radius 2 is 1.47 bits per heavy atom. The first-order chi connectivity index (χ1) is 9.00. The molecule has 0 saturated heterocycles. The fourth-order valence-electron chi connectivity index (χ4n) is 2.80. The summed E-state index contributed by atoms with van der Waals surface area (Å²) in [5.41, 5.74) is -0.930. The van der Waals surface area contributed by atoms with E-state index in [1.165, 1.54) is 0 Å². The molecule has 3 rings (SSSR count). The molecule has 6 heteroatoms. The minimum Gasteiger partial charge on any atom is -0.377 e. The van der Waals surface area contributed by atoms with Gasteiger partial charge in [-0.05, 0) is 18.8 Å². The van der Waals surface area contributed by atoms with Crippen LogP contribution in [0.1, 0.15) is 12.8 Å². The van der Waals surface area contributed by atoms with Gasteiger partial charge in [0.05, 0.1) is 0 Å². The van der Waals surface area contributed by atoms with Gasteiger partial charge in [-0.2, -0.15) is 0 Å². The first kappa shape index (κ1) is 12.4. The molecule has 3 atom stereocenters. The smallest absolute Gasteiger partial charge is 0.200 e. The average molecular weight is 275 g/mol. The fourth-order valence-corrected chi connectivity index (χ4v) is 2.80. The van der Waals surface area contributed by atoms with Crippen molar-refractivity contribution in [3.8, 4) is 0 Å². The lowest BCUT2D eigenvalue weighted by Crippen LogP contribution is -2.43. The summed E-state index contributed by atoms with van der Waals surface area (Å²) >= 11 is 0. The monoisotopic (exact) mass is 275 g/mol. The van der Waals surface area contributed by atoms with Crippen LogP contribution in [0.15, 0.2) is 12.2 Å². The van der Waals surface area contributed by atoms with Crippen LogP contribution in [0.25, 0.3) is 0 Å². The van der Waals surface area contributed by atoms with E-state index >= 15 is 0 Å². The molecule has 2 aliphatic carbocycles. The first-order valence-corrected chi connectivity index (χ1v) is 5.95. The van der Waals surface area contributed by atoms with Crippen molar-refractivity contribution in [3.63, 3.8) is 0 Å². The van der Waals surface area contributed by atoms with Gasteiger partial charge in [0, 0.05) is 12.0 Å². The molecule has 0 amide bonds. The summed E-state index contributed by atoms with van der Waals surface area (Å²) in [6.07, 6.45) is 5.45. The molecule has 0 heterocycles. The molecular formula is C13H10F5N. The second-order valence-corrected chi connectivity index (χ2v) is 4.93. The molecule has 0 bridgehead atoms. The van der Waals surface area contributed by atoms with E-state index in [9.17, 15) is 22.0 Å². The van der Waals surface area contributed by atoms with Gasteiger partial charge in [-0.25, -0.2) is 22.0 Å². The van der Waals surface area contributed by atoms with E-state index in [0.29, 0.717) is 12.3 Å². The maximum Gasteiger partial charge on any atom is 0.200 e. The molecule has 0 aliphatic heterocycles. The predicted molar refractivity (Wildman–Crippen MR) is 59.0 cm³/mol. The van der Waals surface area contributed by atoms with E-state index < -0.39 is 34.8 Å². The molecule has 2 aliphatic rings. The van der Waals surface area contributed by atoms with Gasteiger partial charge in [0.15, 0.2) is 23.3 Å². The first-order valence-electron chi connectivity index (χ1n) is 5.95. The molecule has 1 N–H and O–H groups in total. The van der Waals surface area contributed by atoms with Gasteiger partial charge in [0.1, 0.15) is 5.69 Å². The Morgan fingerprint density at radius 1 is 0.895 bits per heavy atom. The lowest BCUT2D eigenvalue weighted by Gasteiger charge is -2.41. The van der Waals surface area contributed by atoms with Gasteiger partial charge in [-0.15, -0.1) is 0 Å². The van der Waals surface area contributed by atoms with E-state index in [-0.39, 0.29) is 12.0 Å². The van der Waals surface area contributed by atoms with Crippen LogP contribution >= 0.6 is 0 Å². The molecule has 1 aromatic carbocycles. The highest BCUT2D eigenvalue weighted by atomic mass is 19.2. The summed E-state index contributed by atoms with van der Waals surface area (Å²) in [5, 5.41) is 2.45. The summed E-state index contributed by atoms with van der Waals surface area (Å²) in [6, 6.07) is -0.281. The standard InChI is InChI=1S/C13H10F5N/c14-8-9(15)11(17)13(12(18)10(8)16)19-7-4-5-2-1-3-6(5)7/h1,3,5-7,19H,2,4H2. The van der Waals surface area contributed by atoms with Crippen molar-refractivity contribution in [3.05, 3.63) is 41.2 Å². The number of anilines is 1. The van der Waals surface area contributed by atoms with Gasteiger partial charge >= 0.3 is 0 Å². The van der Waals surface area contributed by atoms with Gasteiger partial charge in [-0.3, -0.25) is 0 Å². The third-order valence-corrected chi connectivity index (χ3v) is 3.90. The van der Waals surface area contributed by atoms with Crippen LogP contribution in [-0.4, -0.2) is 6.04 Å². The van der Waals surface area contributed by atoms with Crippen LogP contribution in [0.5, 0.6) is 0 Å². The molecule has 0 spiro atoms. The number of nitrogens with one attached hydrogen (secondary N) is 1. The van der Waals surface area contributed by atoms with Crippen molar-refractivity contribution in [2.75, 3.05) is 5.32 Å². The van der Waals surface area contributed by atoms with Crippen LogP contribution in [0.4, 0.5) is 27.6 Å².